The number of rotatable bonds is 1. The van der Waals surface area contributed by atoms with Gasteiger partial charge in [0.1, 0.15) is 5.92 Å². The zero-order chi connectivity index (χ0) is 6.85. The van der Waals surface area contributed by atoms with E-state index in [2.05, 4.69) is 5.32 Å². The van der Waals surface area contributed by atoms with Crippen LogP contribution in [0.25, 0.3) is 0 Å². The molecule has 0 unspecified atom stereocenters. The summed E-state index contributed by atoms with van der Waals surface area (Å²) in [6, 6.07) is 0. The number of hydrogen-bond acceptors (Lipinski definition) is 2. The molecule has 1 atom stereocenters. The summed E-state index contributed by atoms with van der Waals surface area (Å²) in [5.41, 5.74) is 0. The van der Waals surface area contributed by atoms with Gasteiger partial charge in [-0.25, -0.2) is 0 Å². The number of amides is 1. The Hall–Kier alpha value is -1.06. The van der Waals surface area contributed by atoms with Gasteiger partial charge in [0.15, 0.2) is 0 Å². The Kier molecular flexibility index (Phi) is 1.38. The first kappa shape index (κ1) is 6.07. The number of carbonyl (C=O) groups is 2. The van der Waals surface area contributed by atoms with Gasteiger partial charge in [0.05, 0.1) is 0 Å². The third kappa shape index (κ3) is 1.01. The van der Waals surface area contributed by atoms with Crippen molar-refractivity contribution in [2.45, 2.75) is 6.42 Å². The van der Waals surface area contributed by atoms with Crippen LogP contribution < -0.4 is 5.32 Å². The summed E-state index contributed by atoms with van der Waals surface area (Å²) in [5.74, 6) is -2.18. The van der Waals surface area contributed by atoms with E-state index in [0.717, 1.165) is 0 Å². The number of carbonyl (C=O) groups excluding carboxylic acids is 1. The summed E-state index contributed by atoms with van der Waals surface area (Å²) in [6.45, 7) is 0.496. The van der Waals surface area contributed by atoms with E-state index in [0.29, 0.717) is 13.0 Å². The Morgan fingerprint density at radius 1 is 1.78 bits per heavy atom. The number of carboxylic acid groups (broad SMARTS) is 1. The highest BCUT2D eigenvalue weighted by atomic mass is 16.4. The highest BCUT2D eigenvalue weighted by molar-refractivity contribution is 5.98. The molecule has 50 valence electrons. The van der Waals surface area contributed by atoms with Crippen LogP contribution >= 0.6 is 0 Å². The Morgan fingerprint density at radius 2 is 2.44 bits per heavy atom. The predicted octanol–water partition coefficient (Wildman–Crippen LogP) is -0.793. The van der Waals surface area contributed by atoms with Gasteiger partial charge >= 0.3 is 5.97 Å². The van der Waals surface area contributed by atoms with Crippen LogP contribution in [0.15, 0.2) is 0 Å². The molecule has 0 radical (unpaired) electrons. The summed E-state index contributed by atoms with van der Waals surface area (Å²) in [7, 11) is 0. The number of nitrogens with one attached hydrogen (secondary N) is 1. The van der Waals surface area contributed by atoms with E-state index in [1.807, 2.05) is 0 Å². The van der Waals surface area contributed by atoms with Crippen LogP contribution in [0.1, 0.15) is 6.42 Å². The summed E-state index contributed by atoms with van der Waals surface area (Å²) in [6.07, 6.45) is 0.425. The highest BCUT2D eigenvalue weighted by Gasteiger charge is 2.30. The van der Waals surface area contributed by atoms with E-state index in [1.54, 1.807) is 0 Å². The van der Waals surface area contributed by atoms with Gasteiger partial charge in [-0.3, -0.25) is 9.59 Å². The van der Waals surface area contributed by atoms with E-state index in [4.69, 9.17) is 5.11 Å². The van der Waals surface area contributed by atoms with E-state index in [-0.39, 0.29) is 5.91 Å². The van der Waals surface area contributed by atoms with E-state index in [1.165, 1.54) is 0 Å². The zero-order valence-corrected chi connectivity index (χ0v) is 4.76. The molecule has 0 aromatic heterocycles. The van der Waals surface area contributed by atoms with Crippen molar-refractivity contribution in [1.82, 2.24) is 5.32 Å². The van der Waals surface area contributed by atoms with Crippen molar-refractivity contribution in [3.05, 3.63) is 0 Å². The van der Waals surface area contributed by atoms with Gasteiger partial charge < -0.3 is 10.4 Å². The van der Waals surface area contributed by atoms with Crippen LogP contribution in [0.5, 0.6) is 0 Å². The molecule has 0 spiro atoms. The smallest absolute Gasteiger partial charge is 0.316 e. The van der Waals surface area contributed by atoms with Crippen molar-refractivity contribution in [2.24, 2.45) is 5.92 Å². The predicted molar refractivity (Wildman–Crippen MR) is 28.8 cm³/mol. The Morgan fingerprint density at radius 3 is 2.67 bits per heavy atom. The zero-order valence-electron chi connectivity index (χ0n) is 4.76. The number of aliphatic carboxylic acids is 1. The lowest BCUT2D eigenvalue weighted by molar-refractivity contribution is -0.145. The number of hydrogen-bond donors (Lipinski definition) is 2. The van der Waals surface area contributed by atoms with Crippen molar-refractivity contribution >= 4 is 11.9 Å². The molecule has 1 rings (SSSR count). The van der Waals surface area contributed by atoms with Gasteiger partial charge in [-0.1, -0.05) is 0 Å². The van der Waals surface area contributed by atoms with E-state index < -0.39 is 11.9 Å². The maximum absolute atomic E-state index is 10.5. The molecule has 4 nitrogen and oxygen atoms in total. The van der Waals surface area contributed by atoms with E-state index in [9.17, 15) is 9.59 Å². The quantitative estimate of drug-likeness (QED) is 0.456. The van der Waals surface area contributed by atoms with Crippen molar-refractivity contribution in [2.75, 3.05) is 6.54 Å². The van der Waals surface area contributed by atoms with Crippen molar-refractivity contribution < 1.29 is 14.7 Å². The van der Waals surface area contributed by atoms with Crippen LogP contribution in [0.2, 0.25) is 0 Å². The average Bonchev–Trinajstić information content (AvgIpc) is 2.13. The molecule has 4 heteroatoms. The minimum Gasteiger partial charge on any atom is -0.481 e. The first-order valence-corrected chi connectivity index (χ1v) is 2.72. The number of carboxylic acids is 1. The van der Waals surface area contributed by atoms with Crippen molar-refractivity contribution in [1.29, 1.82) is 0 Å². The maximum Gasteiger partial charge on any atom is 0.316 e. The topological polar surface area (TPSA) is 66.4 Å². The van der Waals surface area contributed by atoms with Crippen LogP contribution in [-0.2, 0) is 9.59 Å². The molecule has 0 aliphatic carbocycles. The Bertz CT molecular complexity index is 154. The monoisotopic (exact) mass is 129 g/mol. The molecule has 9 heavy (non-hydrogen) atoms. The van der Waals surface area contributed by atoms with Crippen molar-refractivity contribution in [3.8, 4) is 0 Å². The molecular weight excluding hydrogens is 122 g/mol. The van der Waals surface area contributed by atoms with Gasteiger partial charge in [0.2, 0.25) is 5.91 Å². The summed E-state index contributed by atoms with van der Waals surface area (Å²) in [4.78, 5) is 20.7. The third-order valence-electron chi connectivity index (χ3n) is 1.35. The van der Waals surface area contributed by atoms with Gasteiger partial charge in [0, 0.05) is 6.54 Å². The molecule has 1 heterocycles. The standard InChI is InChI=1S/C5H7NO3/c7-4-3(5(8)9)1-2-6-4/h3H,1-2H2,(H,6,7)(H,8,9)/t3-/m0/s1. The van der Waals surface area contributed by atoms with Crippen LogP contribution in [0, 0.1) is 5.92 Å². The third-order valence-corrected chi connectivity index (χ3v) is 1.35. The van der Waals surface area contributed by atoms with Crippen LogP contribution in [0.3, 0.4) is 0 Å². The second-order valence-corrected chi connectivity index (χ2v) is 1.97. The lowest BCUT2D eigenvalue weighted by Gasteiger charge is -1.95. The molecule has 0 aromatic rings. The Balaban J connectivity index is 2.60. The van der Waals surface area contributed by atoms with Gasteiger partial charge in [-0.15, -0.1) is 0 Å². The molecule has 0 bridgehead atoms. The first-order chi connectivity index (χ1) is 4.22. The average molecular weight is 129 g/mol. The summed E-state index contributed by atoms with van der Waals surface area (Å²) < 4.78 is 0. The van der Waals surface area contributed by atoms with Gasteiger partial charge in [-0.05, 0) is 6.42 Å². The molecular formula is C5H7NO3. The Labute approximate surface area is 51.9 Å². The highest BCUT2D eigenvalue weighted by Crippen LogP contribution is 2.07. The normalized spacial score (nSPS) is 25.8. The largest absolute Gasteiger partial charge is 0.481 e. The van der Waals surface area contributed by atoms with Crippen LogP contribution in [0.4, 0.5) is 0 Å². The van der Waals surface area contributed by atoms with Crippen LogP contribution in [-0.4, -0.2) is 23.5 Å². The molecule has 2 N–H and O–H groups in total. The SMILES string of the molecule is O=C(O)[C@H]1CCNC1=O. The van der Waals surface area contributed by atoms with E-state index >= 15 is 0 Å². The van der Waals surface area contributed by atoms with Gasteiger partial charge in [0.25, 0.3) is 0 Å². The molecule has 0 saturated carbocycles. The molecule has 1 aliphatic rings. The minimum atomic E-state index is -1.02. The second-order valence-electron chi connectivity index (χ2n) is 1.97. The summed E-state index contributed by atoms with van der Waals surface area (Å²) in [5, 5.41) is 10.8. The van der Waals surface area contributed by atoms with Crippen molar-refractivity contribution in [3.63, 3.8) is 0 Å². The minimum absolute atomic E-state index is 0.359. The lowest BCUT2D eigenvalue weighted by atomic mass is 10.1. The fourth-order valence-corrected chi connectivity index (χ4v) is 0.830. The first-order valence-electron chi connectivity index (χ1n) is 2.72. The molecule has 1 aliphatic heterocycles. The molecule has 1 saturated heterocycles. The lowest BCUT2D eigenvalue weighted by Crippen LogP contribution is -2.24. The fraction of sp³-hybridized carbons (Fsp3) is 0.600. The fourth-order valence-electron chi connectivity index (χ4n) is 0.830. The molecule has 1 fully saturated rings. The molecule has 0 aromatic carbocycles. The summed E-state index contributed by atoms with van der Waals surface area (Å²) >= 11 is 0. The van der Waals surface area contributed by atoms with Gasteiger partial charge in [-0.2, -0.15) is 0 Å². The molecule has 1 amide bonds. The second kappa shape index (κ2) is 2.05. The maximum atomic E-state index is 10.5.